The first-order valence-corrected chi connectivity index (χ1v) is 9.21. The molecule has 0 saturated carbocycles. The second-order valence-corrected chi connectivity index (χ2v) is 7.18. The van der Waals surface area contributed by atoms with E-state index in [4.69, 9.17) is 5.14 Å². The number of benzene rings is 2. The molecule has 2 aromatic rings. The van der Waals surface area contributed by atoms with Crippen molar-refractivity contribution in [2.24, 2.45) is 10.1 Å². The summed E-state index contributed by atoms with van der Waals surface area (Å²) >= 11 is 0. The minimum absolute atomic E-state index is 0.114. The summed E-state index contributed by atoms with van der Waals surface area (Å²) in [7, 11) is -1.95. The fraction of sp³-hybridized carbons (Fsp3) is 0.235. The molecule has 0 saturated heterocycles. The molecule has 0 aromatic heterocycles. The molecule has 0 radical (unpaired) electrons. The summed E-state index contributed by atoms with van der Waals surface area (Å²) in [5.41, 5.74) is 3.29. The quantitative estimate of drug-likeness (QED) is 0.652. The zero-order valence-corrected chi connectivity index (χ0v) is 14.3. The van der Waals surface area contributed by atoms with E-state index in [9.17, 15) is 8.42 Å². The van der Waals surface area contributed by atoms with Crippen molar-refractivity contribution < 1.29 is 8.42 Å². The lowest BCUT2D eigenvalue weighted by molar-refractivity contribution is 0.597. The number of nitrogens with zero attached hydrogens (tertiary/aromatic N) is 2. The maximum absolute atomic E-state index is 11.5. The SMILES string of the molecule is CN=C(NCc1cccc(S(N)(=O)=O)c1)N1CCc2ccccc21. The number of guanidine groups is 1. The van der Waals surface area contributed by atoms with Crippen LogP contribution in [-0.2, 0) is 23.0 Å². The van der Waals surface area contributed by atoms with Gasteiger partial charge in [-0.25, -0.2) is 13.6 Å². The van der Waals surface area contributed by atoms with Gasteiger partial charge in [0, 0.05) is 25.8 Å². The van der Waals surface area contributed by atoms with E-state index in [1.807, 2.05) is 18.2 Å². The lowest BCUT2D eigenvalue weighted by atomic mass is 10.2. The third-order valence-electron chi connectivity index (χ3n) is 4.03. The Morgan fingerprint density at radius 1 is 1.25 bits per heavy atom. The molecule has 0 unspecified atom stereocenters. The van der Waals surface area contributed by atoms with Gasteiger partial charge in [-0.1, -0.05) is 30.3 Å². The second-order valence-electron chi connectivity index (χ2n) is 5.62. The zero-order valence-electron chi connectivity index (χ0n) is 13.4. The Hall–Kier alpha value is -2.38. The van der Waals surface area contributed by atoms with Crippen LogP contribution in [0.1, 0.15) is 11.1 Å². The van der Waals surface area contributed by atoms with Crippen LogP contribution >= 0.6 is 0 Å². The number of sulfonamides is 1. The molecular formula is C17H20N4O2S. The Morgan fingerprint density at radius 3 is 2.79 bits per heavy atom. The number of hydrogen-bond acceptors (Lipinski definition) is 3. The van der Waals surface area contributed by atoms with Gasteiger partial charge < -0.3 is 10.2 Å². The molecule has 0 fully saturated rings. The molecule has 3 rings (SSSR count). The molecule has 126 valence electrons. The minimum atomic E-state index is -3.69. The monoisotopic (exact) mass is 344 g/mol. The highest BCUT2D eigenvalue weighted by atomic mass is 32.2. The van der Waals surface area contributed by atoms with Crippen LogP contribution in [0.25, 0.3) is 0 Å². The molecule has 7 heteroatoms. The Kier molecular flexibility index (Phi) is 4.55. The van der Waals surface area contributed by atoms with Gasteiger partial charge in [-0.05, 0) is 35.7 Å². The van der Waals surface area contributed by atoms with Crippen LogP contribution in [0.15, 0.2) is 58.4 Å². The minimum Gasteiger partial charge on any atom is -0.352 e. The molecule has 0 aliphatic carbocycles. The molecule has 6 nitrogen and oxygen atoms in total. The normalized spacial score (nSPS) is 14.6. The molecule has 1 heterocycles. The third-order valence-corrected chi connectivity index (χ3v) is 4.94. The standard InChI is InChI=1S/C17H20N4O2S/c1-19-17(21-10-9-14-6-2-3-8-16(14)21)20-12-13-5-4-7-15(11-13)24(18,22)23/h2-8,11H,9-10,12H2,1H3,(H,19,20)(H2,18,22,23). The molecule has 1 aliphatic rings. The average molecular weight is 344 g/mol. The van der Waals surface area contributed by atoms with Crippen molar-refractivity contribution >= 4 is 21.7 Å². The van der Waals surface area contributed by atoms with Gasteiger partial charge in [0.05, 0.1) is 4.90 Å². The number of nitrogens with two attached hydrogens (primary N) is 1. The summed E-state index contributed by atoms with van der Waals surface area (Å²) in [4.78, 5) is 6.60. The van der Waals surface area contributed by atoms with Crippen LogP contribution < -0.4 is 15.4 Å². The van der Waals surface area contributed by atoms with Crippen molar-refractivity contribution in [3.05, 3.63) is 59.7 Å². The van der Waals surface area contributed by atoms with E-state index < -0.39 is 10.0 Å². The van der Waals surface area contributed by atoms with E-state index in [1.54, 1.807) is 19.2 Å². The fourth-order valence-corrected chi connectivity index (χ4v) is 3.45. The highest BCUT2D eigenvalue weighted by Crippen LogP contribution is 2.27. The van der Waals surface area contributed by atoms with Gasteiger partial charge in [-0.2, -0.15) is 0 Å². The molecule has 0 atom stereocenters. The van der Waals surface area contributed by atoms with Crippen molar-refractivity contribution in [3.8, 4) is 0 Å². The Balaban J connectivity index is 1.74. The number of anilines is 1. The highest BCUT2D eigenvalue weighted by molar-refractivity contribution is 7.89. The van der Waals surface area contributed by atoms with Crippen molar-refractivity contribution in [1.29, 1.82) is 0 Å². The van der Waals surface area contributed by atoms with E-state index >= 15 is 0 Å². The fourth-order valence-electron chi connectivity index (χ4n) is 2.87. The second kappa shape index (κ2) is 6.62. The predicted octanol–water partition coefficient (Wildman–Crippen LogP) is 1.47. The Labute approximate surface area is 142 Å². The molecule has 0 spiro atoms. The van der Waals surface area contributed by atoms with Crippen LogP contribution in [0, 0.1) is 0 Å². The van der Waals surface area contributed by atoms with Gasteiger partial charge in [0.25, 0.3) is 0 Å². The molecule has 2 aromatic carbocycles. The van der Waals surface area contributed by atoms with Crippen LogP contribution in [-0.4, -0.2) is 28.0 Å². The van der Waals surface area contributed by atoms with Gasteiger partial charge in [0.1, 0.15) is 0 Å². The largest absolute Gasteiger partial charge is 0.352 e. The lowest BCUT2D eigenvalue weighted by Crippen LogP contribution is -2.40. The van der Waals surface area contributed by atoms with Gasteiger partial charge in [-0.3, -0.25) is 4.99 Å². The summed E-state index contributed by atoms with van der Waals surface area (Å²) in [6, 6.07) is 14.9. The molecule has 0 bridgehead atoms. The Morgan fingerprint density at radius 2 is 2.04 bits per heavy atom. The van der Waals surface area contributed by atoms with Crippen LogP contribution in [0.5, 0.6) is 0 Å². The van der Waals surface area contributed by atoms with E-state index in [2.05, 4.69) is 27.3 Å². The van der Waals surface area contributed by atoms with Gasteiger partial charge in [0.15, 0.2) is 5.96 Å². The summed E-state index contributed by atoms with van der Waals surface area (Å²) in [5.74, 6) is 0.765. The van der Waals surface area contributed by atoms with Crippen LogP contribution in [0.3, 0.4) is 0 Å². The number of rotatable bonds is 3. The van der Waals surface area contributed by atoms with Gasteiger partial charge in [0.2, 0.25) is 10.0 Å². The van der Waals surface area contributed by atoms with E-state index in [1.165, 1.54) is 11.6 Å². The summed E-state index contributed by atoms with van der Waals surface area (Å²) in [6.07, 6.45) is 0.984. The van der Waals surface area contributed by atoms with Crippen LogP contribution in [0.4, 0.5) is 5.69 Å². The summed E-state index contributed by atoms with van der Waals surface area (Å²) in [5, 5.41) is 8.47. The van der Waals surface area contributed by atoms with Gasteiger partial charge in [-0.15, -0.1) is 0 Å². The number of primary sulfonamides is 1. The topological polar surface area (TPSA) is 87.8 Å². The average Bonchev–Trinajstić information content (AvgIpc) is 2.99. The smallest absolute Gasteiger partial charge is 0.238 e. The number of para-hydroxylation sites is 1. The van der Waals surface area contributed by atoms with Crippen molar-refractivity contribution in [3.63, 3.8) is 0 Å². The molecular weight excluding hydrogens is 324 g/mol. The predicted molar refractivity (Wildman–Crippen MR) is 95.5 cm³/mol. The lowest BCUT2D eigenvalue weighted by Gasteiger charge is -2.22. The zero-order chi connectivity index (χ0) is 17.2. The first-order valence-electron chi connectivity index (χ1n) is 7.67. The molecule has 3 N–H and O–H groups in total. The maximum Gasteiger partial charge on any atom is 0.238 e. The van der Waals surface area contributed by atoms with E-state index in [0.29, 0.717) is 6.54 Å². The summed E-state index contributed by atoms with van der Waals surface area (Å²) < 4.78 is 22.9. The summed E-state index contributed by atoms with van der Waals surface area (Å²) in [6.45, 7) is 1.34. The molecule has 1 aliphatic heterocycles. The Bertz CT molecular complexity index is 878. The number of fused-ring (bicyclic) bond motifs is 1. The molecule has 24 heavy (non-hydrogen) atoms. The van der Waals surface area contributed by atoms with Crippen molar-refractivity contribution in [1.82, 2.24) is 5.32 Å². The molecule has 0 amide bonds. The first kappa shape index (κ1) is 16.5. The van der Waals surface area contributed by atoms with E-state index in [0.717, 1.165) is 30.2 Å². The maximum atomic E-state index is 11.5. The number of aliphatic imine (C=N–C) groups is 1. The van der Waals surface area contributed by atoms with Crippen molar-refractivity contribution in [2.45, 2.75) is 17.9 Å². The highest BCUT2D eigenvalue weighted by Gasteiger charge is 2.22. The van der Waals surface area contributed by atoms with Crippen molar-refractivity contribution in [2.75, 3.05) is 18.5 Å². The first-order chi connectivity index (χ1) is 11.5. The number of hydrogen-bond donors (Lipinski definition) is 2. The third kappa shape index (κ3) is 3.42. The van der Waals surface area contributed by atoms with Gasteiger partial charge >= 0.3 is 0 Å². The van der Waals surface area contributed by atoms with E-state index in [-0.39, 0.29) is 4.90 Å². The van der Waals surface area contributed by atoms with Crippen LogP contribution in [0.2, 0.25) is 0 Å². The number of nitrogens with one attached hydrogen (secondary N) is 1.